The topological polar surface area (TPSA) is 60.7 Å². The van der Waals surface area contributed by atoms with Crippen LogP contribution in [0.1, 0.15) is 55.2 Å². The van der Waals surface area contributed by atoms with E-state index in [1.807, 2.05) is 12.1 Å². The zero-order valence-electron chi connectivity index (χ0n) is 14.8. The highest BCUT2D eigenvalue weighted by Gasteiger charge is 2.19. The molecule has 138 valence electrons. The number of aliphatic hydroxyl groups is 1. The molecule has 26 heavy (non-hydrogen) atoms. The molecule has 3 nitrogen and oxygen atoms in total. The van der Waals surface area contributed by atoms with E-state index in [1.165, 1.54) is 17.7 Å². The number of aliphatic hydroxyl groups excluding tert-OH is 1. The monoisotopic (exact) mass is 356 g/mol. The molecule has 0 aliphatic heterocycles. The minimum Gasteiger partial charge on any atom is -0.508 e. The molecule has 0 radical (unpaired) electrons. The van der Waals surface area contributed by atoms with Crippen LogP contribution in [-0.2, 0) is 6.42 Å². The first-order chi connectivity index (χ1) is 12.6. The molecule has 1 aliphatic rings. The van der Waals surface area contributed by atoms with Gasteiger partial charge in [0.25, 0.3) is 0 Å². The maximum Gasteiger partial charge on any atom is 0.164 e. The summed E-state index contributed by atoms with van der Waals surface area (Å²) in [6, 6.07) is 10.0. The van der Waals surface area contributed by atoms with Crippen LogP contribution in [0.2, 0.25) is 0 Å². The number of phenols is 2. The zero-order valence-corrected chi connectivity index (χ0v) is 14.8. The maximum absolute atomic E-state index is 13.5. The van der Waals surface area contributed by atoms with Gasteiger partial charge in [0.15, 0.2) is 11.6 Å². The summed E-state index contributed by atoms with van der Waals surface area (Å²) in [6.45, 7) is 0.197. The van der Waals surface area contributed by atoms with Crippen molar-refractivity contribution in [3.05, 3.63) is 58.9 Å². The van der Waals surface area contributed by atoms with Gasteiger partial charge >= 0.3 is 0 Å². The molecule has 0 atom stereocenters. The molecule has 0 bridgehead atoms. The molecule has 1 aliphatic carbocycles. The number of allylic oxidation sites excluding steroid dienone is 2. The van der Waals surface area contributed by atoms with Gasteiger partial charge in [0.1, 0.15) is 5.75 Å². The normalized spacial score (nSPS) is 14.2. The second-order valence-electron chi connectivity index (χ2n) is 6.85. The molecule has 0 unspecified atom stereocenters. The molecular formula is C22H25FO3. The molecule has 2 aromatic rings. The third kappa shape index (κ3) is 4.07. The lowest BCUT2D eigenvalue weighted by Crippen LogP contribution is -1.95. The van der Waals surface area contributed by atoms with Gasteiger partial charge in [0.2, 0.25) is 0 Å². The molecule has 0 fully saturated rings. The third-order valence-electron chi connectivity index (χ3n) is 5.03. The number of phenolic OH excluding ortho intramolecular Hbond substituents is 2. The van der Waals surface area contributed by atoms with Gasteiger partial charge in [-0.1, -0.05) is 18.6 Å². The molecule has 0 saturated carbocycles. The summed E-state index contributed by atoms with van der Waals surface area (Å²) in [5.74, 6) is -0.672. The van der Waals surface area contributed by atoms with Gasteiger partial charge in [-0.3, -0.25) is 0 Å². The molecule has 0 aromatic heterocycles. The molecule has 2 aromatic carbocycles. The van der Waals surface area contributed by atoms with Crippen molar-refractivity contribution in [1.29, 1.82) is 0 Å². The molecule has 3 rings (SSSR count). The maximum atomic E-state index is 13.5. The lowest BCUT2D eigenvalue weighted by atomic mass is 9.89. The Kier molecular flexibility index (Phi) is 5.94. The fourth-order valence-electron chi connectivity index (χ4n) is 3.75. The van der Waals surface area contributed by atoms with E-state index in [2.05, 4.69) is 0 Å². The van der Waals surface area contributed by atoms with Gasteiger partial charge in [-0.25, -0.2) is 4.39 Å². The van der Waals surface area contributed by atoms with Crippen LogP contribution in [0.15, 0.2) is 36.4 Å². The Morgan fingerprint density at radius 1 is 0.923 bits per heavy atom. The predicted molar refractivity (Wildman–Crippen MR) is 101 cm³/mol. The first-order valence-corrected chi connectivity index (χ1v) is 9.24. The molecule has 3 N–H and O–H groups in total. The Balaban J connectivity index is 2.06. The average molecular weight is 356 g/mol. The van der Waals surface area contributed by atoms with Gasteiger partial charge in [-0.2, -0.15) is 0 Å². The Morgan fingerprint density at radius 3 is 2.54 bits per heavy atom. The first-order valence-electron chi connectivity index (χ1n) is 9.24. The van der Waals surface area contributed by atoms with E-state index >= 15 is 0 Å². The molecule has 0 saturated heterocycles. The Hall–Kier alpha value is -2.33. The van der Waals surface area contributed by atoms with Crippen molar-refractivity contribution in [3.63, 3.8) is 0 Å². The largest absolute Gasteiger partial charge is 0.508 e. The number of unbranched alkanes of at least 4 members (excludes halogenated alkanes) is 2. The molecular weight excluding hydrogens is 331 g/mol. The summed E-state index contributed by atoms with van der Waals surface area (Å²) in [5, 5.41) is 28.7. The molecule has 0 spiro atoms. The summed E-state index contributed by atoms with van der Waals surface area (Å²) in [5.41, 5.74) is 5.43. The van der Waals surface area contributed by atoms with Crippen LogP contribution in [0.25, 0.3) is 11.1 Å². The number of rotatable bonds is 6. The van der Waals surface area contributed by atoms with E-state index in [1.54, 1.807) is 12.1 Å². The van der Waals surface area contributed by atoms with Crippen LogP contribution in [0.3, 0.4) is 0 Å². The number of aryl methyl sites for hydroxylation is 1. The second-order valence-corrected chi connectivity index (χ2v) is 6.85. The van der Waals surface area contributed by atoms with Gasteiger partial charge < -0.3 is 15.3 Å². The standard InChI is InChI=1S/C22H25FO3/c23-21-11-8-16(14-22(21)26)18-7-4-5-15-13-17(25)9-10-19(15)20(18)6-2-1-3-12-24/h8-11,13-14,24-26H,1-7,12H2. The highest BCUT2D eigenvalue weighted by molar-refractivity contribution is 5.92. The summed E-state index contributed by atoms with van der Waals surface area (Å²) in [6.07, 6.45) is 6.18. The van der Waals surface area contributed by atoms with Crippen LogP contribution < -0.4 is 0 Å². The number of fused-ring (bicyclic) bond motifs is 1. The Morgan fingerprint density at radius 2 is 1.77 bits per heavy atom. The van der Waals surface area contributed by atoms with Crippen molar-refractivity contribution >= 4 is 11.1 Å². The molecule has 0 amide bonds. The molecule has 4 heteroatoms. The van der Waals surface area contributed by atoms with E-state index in [0.29, 0.717) is 0 Å². The van der Waals surface area contributed by atoms with Crippen molar-refractivity contribution in [3.8, 4) is 11.5 Å². The van der Waals surface area contributed by atoms with Crippen LogP contribution in [-0.4, -0.2) is 21.9 Å². The lowest BCUT2D eigenvalue weighted by molar-refractivity contribution is 0.283. The van der Waals surface area contributed by atoms with Crippen molar-refractivity contribution in [2.24, 2.45) is 0 Å². The molecule has 0 heterocycles. The quantitative estimate of drug-likeness (QED) is 0.636. The number of benzene rings is 2. The Labute approximate surface area is 153 Å². The smallest absolute Gasteiger partial charge is 0.164 e. The fraction of sp³-hybridized carbons (Fsp3) is 0.364. The average Bonchev–Trinajstić information content (AvgIpc) is 2.80. The number of aromatic hydroxyl groups is 2. The van der Waals surface area contributed by atoms with Crippen LogP contribution in [0, 0.1) is 5.82 Å². The van der Waals surface area contributed by atoms with Crippen LogP contribution >= 0.6 is 0 Å². The minimum absolute atomic E-state index is 0.197. The van der Waals surface area contributed by atoms with Crippen molar-refractivity contribution in [1.82, 2.24) is 0 Å². The summed E-state index contributed by atoms with van der Waals surface area (Å²) < 4.78 is 13.5. The minimum atomic E-state index is -0.613. The van der Waals surface area contributed by atoms with Crippen molar-refractivity contribution in [2.45, 2.75) is 44.9 Å². The van der Waals surface area contributed by atoms with E-state index in [-0.39, 0.29) is 18.1 Å². The first kappa shape index (κ1) is 18.5. The van der Waals surface area contributed by atoms with E-state index < -0.39 is 5.82 Å². The highest BCUT2D eigenvalue weighted by atomic mass is 19.1. The Bertz CT molecular complexity index is 811. The number of hydrogen-bond donors (Lipinski definition) is 3. The van der Waals surface area contributed by atoms with Gasteiger partial charge in [0, 0.05) is 6.61 Å². The van der Waals surface area contributed by atoms with E-state index in [4.69, 9.17) is 5.11 Å². The van der Waals surface area contributed by atoms with Crippen molar-refractivity contribution in [2.75, 3.05) is 6.61 Å². The predicted octanol–water partition coefficient (Wildman–Crippen LogP) is 5.04. The SMILES string of the molecule is OCCCCCC1=C(c2ccc(F)c(O)c2)CCCc2cc(O)ccc21. The van der Waals surface area contributed by atoms with Crippen molar-refractivity contribution < 1.29 is 19.7 Å². The van der Waals surface area contributed by atoms with Gasteiger partial charge in [-0.15, -0.1) is 0 Å². The number of hydrogen-bond acceptors (Lipinski definition) is 3. The van der Waals surface area contributed by atoms with Crippen LogP contribution in [0.5, 0.6) is 11.5 Å². The van der Waals surface area contributed by atoms with E-state index in [0.717, 1.165) is 67.2 Å². The summed E-state index contributed by atoms with van der Waals surface area (Å²) in [7, 11) is 0. The summed E-state index contributed by atoms with van der Waals surface area (Å²) >= 11 is 0. The summed E-state index contributed by atoms with van der Waals surface area (Å²) in [4.78, 5) is 0. The zero-order chi connectivity index (χ0) is 18.5. The third-order valence-corrected chi connectivity index (χ3v) is 5.03. The fourth-order valence-corrected chi connectivity index (χ4v) is 3.75. The lowest BCUT2D eigenvalue weighted by Gasteiger charge is -2.16. The van der Waals surface area contributed by atoms with E-state index in [9.17, 15) is 14.6 Å². The number of halogens is 1. The van der Waals surface area contributed by atoms with Crippen LogP contribution in [0.4, 0.5) is 4.39 Å². The van der Waals surface area contributed by atoms with Gasteiger partial charge in [-0.05, 0) is 90.6 Å². The highest BCUT2D eigenvalue weighted by Crippen LogP contribution is 2.40. The van der Waals surface area contributed by atoms with Gasteiger partial charge in [0.05, 0.1) is 0 Å². The second kappa shape index (κ2) is 8.37.